The molecule has 0 saturated heterocycles. The summed E-state index contributed by atoms with van der Waals surface area (Å²) in [4.78, 5) is 11.5. The summed E-state index contributed by atoms with van der Waals surface area (Å²) in [5.74, 6) is -1.40. The Morgan fingerprint density at radius 3 is 2.59 bits per heavy atom. The van der Waals surface area contributed by atoms with Crippen molar-refractivity contribution in [1.82, 2.24) is 5.09 Å². The van der Waals surface area contributed by atoms with Gasteiger partial charge < -0.3 is 9.63 Å². The fourth-order valence-electron chi connectivity index (χ4n) is 1.58. The molecule has 0 aliphatic heterocycles. The average Bonchev–Trinajstić information content (AvgIpc) is 2.46. The van der Waals surface area contributed by atoms with E-state index in [2.05, 4.69) is 5.09 Å². The topological polar surface area (TPSA) is 109 Å². The van der Waals surface area contributed by atoms with Crippen molar-refractivity contribution in [2.45, 2.75) is 26.3 Å². The van der Waals surface area contributed by atoms with E-state index < -0.39 is 19.3 Å². The summed E-state index contributed by atoms with van der Waals surface area (Å²) in [6.45, 7) is 4.76. The molecule has 2 atom stereocenters. The molecule has 0 heterocycles. The van der Waals surface area contributed by atoms with Gasteiger partial charge in [-0.05, 0) is 31.0 Å². The van der Waals surface area contributed by atoms with Gasteiger partial charge in [0.25, 0.3) is 0 Å². The Kier molecular flexibility index (Phi) is 5.72. The van der Waals surface area contributed by atoms with Gasteiger partial charge in [-0.25, -0.2) is 4.57 Å². The number of nitrogens with one attached hydrogen (secondary N) is 1. The lowest BCUT2D eigenvalue weighted by atomic mass is 9.90. The summed E-state index contributed by atoms with van der Waals surface area (Å²) in [6.07, 6.45) is 0. The van der Waals surface area contributed by atoms with Crippen LogP contribution in [0.1, 0.15) is 26.3 Å². The van der Waals surface area contributed by atoms with Crippen LogP contribution in [-0.2, 0) is 13.9 Å². The Morgan fingerprint density at radius 1 is 1.50 bits per heavy atom. The van der Waals surface area contributed by atoms with Crippen molar-refractivity contribution in [2.75, 3.05) is 7.11 Å². The van der Waals surface area contributed by atoms with Crippen LogP contribution in [0.2, 0.25) is 0 Å². The van der Waals surface area contributed by atoms with E-state index in [-0.39, 0.29) is 11.7 Å². The van der Waals surface area contributed by atoms with Crippen molar-refractivity contribution < 1.29 is 23.5 Å². The second kappa shape index (κ2) is 6.93. The molecule has 2 N–H and O–H groups in total. The second-order valence-corrected chi connectivity index (χ2v) is 6.95. The Bertz CT molecular complexity index is 640. The first kappa shape index (κ1) is 18.2. The molecule has 7 nitrogen and oxygen atoms in total. The molecular formula is C14H19N2O5P. The average molecular weight is 326 g/mol. The molecule has 0 aliphatic rings. The molecule has 8 heteroatoms. The molecule has 0 bridgehead atoms. The number of rotatable bonds is 7. The summed E-state index contributed by atoms with van der Waals surface area (Å²) in [5, 5.41) is 20.7. The second-order valence-electron chi connectivity index (χ2n) is 5.18. The molecule has 22 heavy (non-hydrogen) atoms. The zero-order valence-corrected chi connectivity index (χ0v) is 13.8. The predicted octanol–water partition coefficient (Wildman–Crippen LogP) is 2.78. The monoisotopic (exact) mass is 326 g/mol. The zero-order chi connectivity index (χ0) is 17.0. The van der Waals surface area contributed by atoms with Crippen LogP contribution in [0.4, 0.5) is 0 Å². The molecule has 0 spiro atoms. The van der Waals surface area contributed by atoms with Crippen molar-refractivity contribution in [3.8, 4) is 11.8 Å². The van der Waals surface area contributed by atoms with Gasteiger partial charge in [0.15, 0.2) is 0 Å². The molecule has 1 rings (SSSR count). The van der Waals surface area contributed by atoms with Gasteiger partial charge in [-0.15, -0.1) is 0 Å². The smallest absolute Gasteiger partial charge is 0.459 e. The summed E-state index contributed by atoms with van der Waals surface area (Å²) in [6, 6.07) is 7.95. The van der Waals surface area contributed by atoms with Gasteiger partial charge in [0.1, 0.15) is 11.3 Å². The van der Waals surface area contributed by atoms with Crippen LogP contribution in [0.25, 0.3) is 0 Å². The molecule has 0 fully saturated rings. The van der Waals surface area contributed by atoms with Gasteiger partial charge in [-0.2, -0.15) is 10.3 Å². The van der Waals surface area contributed by atoms with Crippen LogP contribution in [-0.4, -0.2) is 23.7 Å². The maximum Gasteiger partial charge on any atom is 0.459 e. The molecule has 0 amide bonds. The molecule has 0 saturated carbocycles. The summed E-state index contributed by atoms with van der Waals surface area (Å²) < 4.78 is 22.9. The van der Waals surface area contributed by atoms with E-state index in [0.717, 1.165) is 7.11 Å². The number of carboxylic acid groups (broad SMARTS) is 1. The van der Waals surface area contributed by atoms with Gasteiger partial charge >= 0.3 is 13.7 Å². The van der Waals surface area contributed by atoms with Gasteiger partial charge in [0.05, 0.1) is 11.6 Å². The van der Waals surface area contributed by atoms with Crippen LogP contribution >= 0.6 is 7.75 Å². The molecule has 1 aromatic rings. The predicted molar refractivity (Wildman–Crippen MR) is 80.4 cm³/mol. The third-order valence-corrected chi connectivity index (χ3v) is 5.07. The molecule has 0 aliphatic carbocycles. The largest absolute Gasteiger partial charge is 0.480 e. The highest BCUT2D eigenvalue weighted by Crippen LogP contribution is 2.46. The van der Waals surface area contributed by atoms with Crippen molar-refractivity contribution in [3.05, 3.63) is 29.8 Å². The van der Waals surface area contributed by atoms with E-state index in [4.69, 9.17) is 14.3 Å². The summed E-state index contributed by atoms with van der Waals surface area (Å²) in [7, 11) is -2.76. The highest BCUT2D eigenvalue weighted by molar-refractivity contribution is 7.52. The van der Waals surface area contributed by atoms with E-state index in [9.17, 15) is 14.5 Å². The summed E-state index contributed by atoms with van der Waals surface area (Å²) in [5.41, 5.74) is -1.18. The molecular weight excluding hydrogens is 307 g/mol. The van der Waals surface area contributed by atoms with Crippen LogP contribution in [0, 0.1) is 17.2 Å². The normalized spacial score (nSPS) is 16.4. The minimum Gasteiger partial charge on any atom is -0.480 e. The van der Waals surface area contributed by atoms with E-state index in [1.54, 1.807) is 26.0 Å². The van der Waals surface area contributed by atoms with Gasteiger partial charge in [-0.3, -0.25) is 9.32 Å². The maximum atomic E-state index is 12.7. The van der Waals surface area contributed by atoms with Crippen molar-refractivity contribution >= 4 is 13.7 Å². The van der Waals surface area contributed by atoms with Gasteiger partial charge in [0.2, 0.25) is 0 Å². The van der Waals surface area contributed by atoms with E-state index in [1.165, 1.54) is 19.1 Å². The lowest BCUT2D eigenvalue weighted by molar-refractivity contribution is -0.145. The Morgan fingerprint density at radius 2 is 2.14 bits per heavy atom. The van der Waals surface area contributed by atoms with E-state index in [1.807, 2.05) is 6.07 Å². The third kappa shape index (κ3) is 4.08. The minimum atomic E-state index is -3.92. The lowest BCUT2D eigenvalue weighted by Gasteiger charge is -2.32. The fourth-order valence-corrected chi connectivity index (χ4v) is 3.10. The highest BCUT2D eigenvalue weighted by atomic mass is 31.2. The van der Waals surface area contributed by atoms with Crippen LogP contribution in [0.3, 0.4) is 0 Å². The standard InChI is InChI=1S/C14H19N2O5P/c1-10(2)14(3,13(17)18)16-22(19,20-4)21-12-7-5-6-11(8-12)9-15/h5-8,10H,1-4H3,(H,16,19)(H,17,18). The number of nitrogens with zero attached hydrogens (tertiary/aromatic N) is 1. The molecule has 2 unspecified atom stereocenters. The number of hydrogen-bond donors (Lipinski definition) is 2. The highest BCUT2D eigenvalue weighted by Gasteiger charge is 2.44. The van der Waals surface area contributed by atoms with Crippen LogP contribution in [0.5, 0.6) is 5.75 Å². The van der Waals surface area contributed by atoms with Crippen molar-refractivity contribution in [3.63, 3.8) is 0 Å². The van der Waals surface area contributed by atoms with Crippen molar-refractivity contribution in [2.24, 2.45) is 5.92 Å². The number of carbonyl (C=O) groups is 1. The fraction of sp³-hybridized carbons (Fsp3) is 0.429. The molecule has 120 valence electrons. The van der Waals surface area contributed by atoms with E-state index in [0.29, 0.717) is 5.56 Å². The molecule has 0 aromatic heterocycles. The first-order valence-corrected chi connectivity index (χ1v) is 8.09. The van der Waals surface area contributed by atoms with Crippen LogP contribution in [0.15, 0.2) is 24.3 Å². The number of nitriles is 1. The zero-order valence-electron chi connectivity index (χ0n) is 12.9. The minimum absolute atomic E-state index is 0.147. The number of aliphatic carboxylic acids is 1. The summed E-state index contributed by atoms with van der Waals surface area (Å²) >= 11 is 0. The van der Waals surface area contributed by atoms with Gasteiger partial charge in [0, 0.05) is 7.11 Å². The SMILES string of the molecule is COP(=O)(NC(C)(C(=O)O)C(C)C)Oc1cccc(C#N)c1. The Balaban J connectivity index is 3.09. The van der Waals surface area contributed by atoms with Crippen molar-refractivity contribution in [1.29, 1.82) is 5.26 Å². The van der Waals surface area contributed by atoms with Gasteiger partial charge in [-0.1, -0.05) is 19.9 Å². The lowest BCUT2D eigenvalue weighted by Crippen LogP contribution is -2.52. The molecule has 1 aromatic carbocycles. The van der Waals surface area contributed by atoms with Crippen LogP contribution < -0.4 is 9.61 Å². The first-order valence-electron chi connectivity index (χ1n) is 6.55. The first-order chi connectivity index (χ1) is 10.2. The van der Waals surface area contributed by atoms with E-state index >= 15 is 0 Å². The Labute approximate surface area is 129 Å². The molecule has 0 radical (unpaired) electrons. The number of carboxylic acids is 1. The third-order valence-electron chi connectivity index (χ3n) is 3.40. The number of hydrogen-bond acceptors (Lipinski definition) is 5. The number of benzene rings is 1. The quantitative estimate of drug-likeness (QED) is 0.741. The maximum absolute atomic E-state index is 12.7. The Hall–Kier alpha value is -1.87.